The first kappa shape index (κ1) is 21.3. The molecule has 30 heavy (non-hydrogen) atoms. The quantitative estimate of drug-likeness (QED) is 0.435. The SMILES string of the molecule is C=CCOc1cccc(/C=N\NC(=O)C2CCN(C(=O)c3ccccc3C)CC2)c1. The van der Waals surface area contributed by atoms with E-state index in [9.17, 15) is 9.59 Å². The summed E-state index contributed by atoms with van der Waals surface area (Å²) in [6, 6.07) is 15.0. The van der Waals surface area contributed by atoms with Crippen LogP contribution in [0.25, 0.3) is 0 Å². The number of hydrogen-bond donors (Lipinski definition) is 1. The number of hydrogen-bond acceptors (Lipinski definition) is 4. The van der Waals surface area contributed by atoms with E-state index < -0.39 is 0 Å². The summed E-state index contributed by atoms with van der Waals surface area (Å²) in [6.45, 7) is 7.13. The van der Waals surface area contributed by atoms with Crippen molar-refractivity contribution in [2.45, 2.75) is 19.8 Å². The summed E-state index contributed by atoms with van der Waals surface area (Å²) in [7, 11) is 0. The van der Waals surface area contributed by atoms with Gasteiger partial charge in [-0.3, -0.25) is 9.59 Å². The van der Waals surface area contributed by atoms with Crippen LogP contribution in [0.4, 0.5) is 0 Å². The zero-order valence-electron chi connectivity index (χ0n) is 17.2. The molecule has 3 rings (SSSR count). The van der Waals surface area contributed by atoms with Crippen LogP contribution < -0.4 is 10.2 Å². The van der Waals surface area contributed by atoms with E-state index in [2.05, 4.69) is 17.1 Å². The molecule has 0 aliphatic carbocycles. The average Bonchev–Trinajstić information content (AvgIpc) is 2.78. The molecule has 1 saturated heterocycles. The molecule has 0 unspecified atom stereocenters. The average molecular weight is 405 g/mol. The van der Waals surface area contributed by atoms with Crippen LogP contribution in [0.1, 0.15) is 34.3 Å². The monoisotopic (exact) mass is 405 g/mol. The number of piperidine rings is 1. The number of hydrazone groups is 1. The molecule has 1 N–H and O–H groups in total. The Balaban J connectivity index is 1.48. The van der Waals surface area contributed by atoms with E-state index in [-0.39, 0.29) is 17.7 Å². The Labute approximate surface area is 177 Å². The van der Waals surface area contributed by atoms with Gasteiger partial charge in [0.25, 0.3) is 5.91 Å². The zero-order chi connectivity index (χ0) is 21.3. The Hall–Kier alpha value is -3.41. The molecule has 2 aromatic carbocycles. The summed E-state index contributed by atoms with van der Waals surface area (Å²) in [5.74, 6) is 0.484. The van der Waals surface area contributed by atoms with E-state index in [1.807, 2.05) is 60.4 Å². The summed E-state index contributed by atoms with van der Waals surface area (Å²) in [4.78, 5) is 27.0. The lowest BCUT2D eigenvalue weighted by molar-refractivity contribution is -0.126. The minimum atomic E-state index is -0.148. The van der Waals surface area contributed by atoms with Crippen molar-refractivity contribution < 1.29 is 14.3 Å². The predicted molar refractivity (Wildman–Crippen MR) is 118 cm³/mol. The molecular formula is C24H27N3O3. The second-order valence-electron chi connectivity index (χ2n) is 7.29. The molecule has 0 radical (unpaired) electrons. The predicted octanol–water partition coefficient (Wildman–Crippen LogP) is 3.56. The number of nitrogens with zero attached hydrogens (tertiary/aromatic N) is 2. The Morgan fingerprint density at radius 3 is 2.70 bits per heavy atom. The van der Waals surface area contributed by atoms with Crippen molar-refractivity contribution in [1.82, 2.24) is 10.3 Å². The molecule has 2 amide bonds. The first-order valence-electron chi connectivity index (χ1n) is 10.1. The number of aryl methyl sites for hydroxylation is 1. The Kier molecular flexibility index (Phi) is 7.38. The van der Waals surface area contributed by atoms with Gasteiger partial charge in [0.05, 0.1) is 6.21 Å². The van der Waals surface area contributed by atoms with Crippen LogP contribution in [0.3, 0.4) is 0 Å². The van der Waals surface area contributed by atoms with Gasteiger partial charge in [0.2, 0.25) is 5.91 Å². The molecule has 6 nitrogen and oxygen atoms in total. The van der Waals surface area contributed by atoms with Crippen molar-refractivity contribution in [2.24, 2.45) is 11.0 Å². The van der Waals surface area contributed by atoms with E-state index in [0.717, 1.165) is 22.4 Å². The number of ether oxygens (including phenoxy) is 1. The highest BCUT2D eigenvalue weighted by atomic mass is 16.5. The molecule has 1 aliphatic heterocycles. The molecule has 6 heteroatoms. The summed E-state index contributed by atoms with van der Waals surface area (Å²) in [5, 5.41) is 4.07. The summed E-state index contributed by atoms with van der Waals surface area (Å²) in [5.41, 5.74) is 5.14. The van der Waals surface area contributed by atoms with Gasteiger partial charge >= 0.3 is 0 Å². The first-order chi connectivity index (χ1) is 14.6. The maximum absolute atomic E-state index is 12.7. The largest absolute Gasteiger partial charge is 0.490 e. The fraction of sp³-hybridized carbons (Fsp3) is 0.292. The zero-order valence-corrected chi connectivity index (χ0v) is 17.2. The molecule has 1 heterocycles. The normalized spacial score (nSPS) is 14.5. The van der Waals surface area contributed by atoms with Gasteiger partial charge in [-0.15, -0.1) is 0 Å². The standard InChI is InChI=1S/C24H27N3O3/c1-3-15-30-21-9-6-8-19(16-21)17-25-26-23(28)20-11-13-27(14-12-20)24(29)22-10-5-4-7-18(22)2/h3-10,16-17,20H,1,11-15H2,2H3,(H,26,28)/b25-17-. The number of rotatable bonds is 7. The van der Waals surface area contributed by atoms with Gasteiger partial charge in [-0.25, -0.2) is 5.43 Å². The highest BCUT2D eigenvalue weighted by molar-refractivity contribution is 5.95. The molecule has 0 atom stereocenters. The molecular weight excluding hydrogens is 378 g/mol. The first-order valence-corrected chi connectivity index (χ1v) is 10.1. The van der Waals surface area contributed by atoms with E-state index in [1.54, 1.807) is 12.3 Å². The topological polar surface area (TPSA) is 71.0 Å². The Morgan fingerprint density at radius 2 is 1.97 bits per heavy atom. The third-order valence-electron chi connectivity index (χ3n) is 5.14. The Morgan fingerprint density at radius 1 is 1.20 bits per heavy atom. The number of likely N-dealkylation sites (tertiary alicyclic amines) is 1. The van der Waals surface area contributed by atoms with Crippen LogP contribution in [0.5, 0.6) is 5.75 Å². The maximum atomic E-state index is 12.7. The van der Waals surface area contributed by atoms with E-state index >= 15 is 0 Å². The van der Waals surface area contributed by atoms with Crippen LogP contribution in [0.2, 0.25) is 0 Å². The fourth-order valence-electron chi connectivity index (χ4n) is 3.43. The van der Waals surface area contributed by atoms with Crippen LogP contribution in [-0.2, 0) is 4.79 Å². The number of carbonyl (C=O) groups is 2. The fourth-order valence-corrected chi connectivity index (χ4v) is 3.43. The van der Waals surface area contributed by atoms with Gasteiger partial charge in [-0.1, -0.05) is 43.0 Å². The van der Waals surface area contributed by atoms with Gasteiger partial charge in [0.15, 0.2) is 0 Å². The van der Waals surface area contributed by atoms with E-state index in [4.69, 9.17) is 4.74 Å². The van der Waals surface area contributed by atoms with Crippen molar-refractivity contribution in [3.8, 4) is 5.75 Å². The third kappa shape index (κ3) is 5.56. The van der Waals surface area contributed by atoms with Gasteiger partial charge in [0, 0.05) is 24.6 Å². The van der Waals surface area contributed by atoms with Crippen molar-refractivity contribution in [1.29, 1.82) is 0 Å². The van der Waals surface area contributed by atoms with Crippen molar-refractivity contribution >= 4 is 18.0 Å². The Bertz CT molecular complexity index is 931. The smallest absolute Gasteiger partial charge is 0.254 e. The maximum Gasteiger partial charge on any atom is 0.254 e. The molecule has 0 saturated carbocycles. The highest BCUT2D eigenvalue weighted by Crippen LogP contribution is 2.20. The van der Waals surface area contributed by atoms with Gasteiger partial charge < -0.3 is 9.64 Å². The third-order valence-corrected chi connectivity index (χ3v) is 5.14. The number of nitrogens with one attached hydrogen (secondary N) is 1. The lowest BCUT2D eigenvalue weighted by Gasteiger charge is -2.31. The molecule has 0 bridgehead atoms. The van der Waals surface area contributed by atoms with Gasteiger partial charge in [0.1, 0.15) is 12.4 Å². The van der Waals surface area contributed by atoms with Crippen molar-refractivity contribution in [2.75, 3.05) is 19.7 Å². The van der Waals surface area contributed by atoms with Crippen LogP contribution >= 0.6 is 0 Å². The van der Waals surface area contributed by atoms with E-state index in [1.165, 1.54) is 0 Å². The minimum absolute atomic E-state index is 0.0310. The number of carbonyl (C=O) groups excluding carboxylic acids is 2. The molecule has 0 spiro atoms. The minimum Gasteiger partial charge on any atom is -0.490 e. The van der Waals surface area contributed by atoms with Gasteiger partial charge in [-0.05, 0) is 49.1 Å². The summed E-state index contributed by atoms with van der Waals surface area (Å²) >= 11 is 0. The molecule has 156 valence electrons. The summed E-state index contributed by atoms with van der Waals surface area (Å²) in [6.07, 6.45) is 4.53. The number of amides is 2. The van der Waals surface area contributed by atoms with Crippen molar-refractivity contribution in [3.63, 3.8) is 0 Å². The van der Waals surface area contributed by atoms with Gasteiger partial charge in [-0.2, -0.15) is 5.10 Å². The van der Waals surface area contributed by atoms with Crippen LogP contribution in [-0.4, -0.2) is 42.6 Å². The molecule has 2 aromatic rings. The lowest BCUT2D eigenvalue weighted by Crippen LogP contribution is -2.42. The summed E-state index contributed by atoms with van der Waals surface area (Å²) < 4.78 is 5.49. The second-order valence-corrected chi connectivity index (χ2v) is 7.29. The van der Waals surface area contributed by atoms with Crippen molar-refractivity contribution in [3.05, 3.63) is 77.9 Å². The number of benzene rings is 2. The highest BCUT2D eigenvalue weighted by Gasteiger charge is 2.28. The molecule has 1 aliphatic rings. The second kappa shape index (κ2) is 10.4. The van der Waals surface area contributed by atoms with Crippen LogP contribution in [0.15, 0.2) is 66.3 Å². The lowest BCUT2D eigenvalue weighted by atomic mass is 9.95. The van der Waals surface area contributed by atoms with E-state index in [0.29, 0.717) is 32.5 Å². The van der Waals surface area contributed by atoms with Crippen LogP contribution in [0, 0.1) is 12.8 Å². The molecule has 1 fully saturated rings. The molecule has 0 aromatic heterocycles.